The third kappa shape index (κ3) is 5.45. The first kappa shape index (κ1) is 16.5. The highest BCUT2D eigenvalue weighted by Crippen LogP contribution is 2.16. The van der Waals surface area contributed by atoms with Crippen LogP contribution in [0.3, 0.4) is 0 Å². The molecule has 2 amide bonds. The highest BCUT2D eigenvalue weighted by molar-refractivity contribution is 7.07. The molecule has 0 spiro atoms. The quantitative estimate of drug-likeness (QED) is 0.790. The number of nitrogens with one attached hydrogen (secondary N) is 2. The summed E-state index contributed by atoms with van der Waals surface area (Å²) in [7, 11) is 0. The fourth-order valence-corrected chi connectivity index (χ4v) is 2.46. The van der Waals surface area contributed by atoms with Crippen LogP contribution in [0.25, 0.3) is 0 Å². The molecule has 23 heavy (non-hydrogen) atoms. The van der Waals surface area contributed by atoms with Crippen molar-refractivity contribution in [3.8, 4) is 11.8 Å². The van der Waals surface area contributed by atoms with Gasteiger partial charge in [0, 0.05) is 6.42 Å². The zero-order chi connectivity index (χ0) is 16.5. The number of carbonyl (C=O) groups excluding carboxylic acids is 2. The predicted octanol–water partition coefficient (Wildman–Crippen LogP) is 1.78. The fraction of sp³-hybridized carbons (Fsp3) is 0.188. The van der Waals surface area contributed by atoms with Crippen LogP contribution in [-0.4, -0.2) is 18.4 Å². The van der Waals surface area contributed by atoms with Crippen molar-refractivity contribution in [2.24, 2.45) is 0 Å². The van der Waals surface area contributed by atoms with Gasteiger partial charge in [-0.05, 0) is 40.9 Å². The van der Waals surface area contributed by atoms with Crippen molar-refractivity contribution in [3.05, 3.63) is 52.2 Å². The van der Waals surface area contributed by atoms with E-state index in [0.29, 0.717) is 17.7 Å². The van der Waals surface area contributed by atoms with Gasteiger partial charge in [-0.3, -0.25) is 20.4 Å². The molecule has 7 heteroatoms. The standard InChI is InChI=1S/C16H15N3O3S/c17-9-13-3-1-2-4-14(13)22-10-16(21)19-18-15(20)6-5-12-7-8-23-11-12/h1-4,7-8,11H,5-6,10H2,(H,18,20)(H,19,21). The van der Waals surface area contributed by atoms with E-state index in [1.54, 1.807) is 35.6 Å². The topological polar surface area (TPSA) is 91.2 Å². The van der Waals surface area contributed by atoms with Gasteiger partial charge in [0.25, 0.3) is 5.91 Å². The highest BCUT2D eigenvalue weighted by Gasteiger charge is 2.08. The minimum Gasteiger partial charge on any atom is -0.482 e. The molecular weight excluding hydrogens is 314 g/mol. The molecule has 1 heterocycles. The first-order valence-electron chi connectivity index (χ1n) is 6.89. The average Bonchev–Trinajstić information content (AvgIpc) is 3.10. The van der Waals surface area contributed by atoms with Crippen LogP contribution in [0.1, 0.15) is 17.5 Å². The lowest BCUT2D eigenvalue weighted by atomic mass is 10.2. The largest absolute Gasteiger partial charge is 0.482 e. The monoisotopic (exact) mass is 329 g/mol. The number of para-hydroxylation sites is 1. The summed E-state index contributed by atoms with van der Waals surface area (Å²) in [6.45, 7) is -0.288. The molecule has 2 N–H and O–H groups in total. The summed E-state index contributed by atoms with van der Waals surface area (Å²) in [6.07, 6.45) is 0.909. The number of ether oxygens (including phenoxy) is 1. The van der Waals surface area contributed by atoms with Crippen molar-refractivity contribution in [2.75, 3.05) is 6.61 Å². The summed E-state index contributed by atoms with van der Waals surface area (Å²) in [6, 6.07) is 10.5. The predicted molar refractivity (Wildman–Crippen MR) is 85.6 cm³/mol. The lowest BCUT2D eigenvalue weighted by Gasteiger charge is -2.09. The summed E-state index contributed by atoms with van der Waals surface area (Å²) in [5.74, 6) is -0.447. The second kappa shape index (κ2) is 8.56. The second-order valence-electron chi connectivity index (χ2n) is 4.62. The Morgan fingerprint density at radius 2 is 1.96 bits per heavy atom. The molecule has 0 aliphatic carbocycles. The Morgan fingerprint density at radius 3 is 2.70 bits per heavy atom. The minimum absolute atomic E-state index is 0.276. The lowest BCUT2D eigenvalue weighted by Crippen LogP contribution is -2.43. The molecule has 0 aliphatic heterocycles. The van der Waals surface area contributed by atoms with E-state index in [1.807, 2.05) is 22.9 Å². The number of aryl methyl sites for hydroxylation is 1. The molecule has 0 unspecified atom stereocenters. The van der Waals surface area contributed by atoms with E-state index in [4.69, 9.17) is 10.00 Å². The number of hydrogen-bond acceptors (Lipinski definition) is 5. The van der Waals surface area contributed by atoms with E-state index in [9.17, 15) is 9.59 Å². The zero-order valence-corrected chi connectivity index (χ0v) is 13.1. The van der Waals surface area contributed by atoms with E-state index in [1.165, 1.54) is 0 Å². The number of nitrogens with zero attached hydrogens (tertiary/aromatic N) is 1. The zero-order valence-electron chi connectivity index (χ0n) is 12.2. The van der Waals surface area contributed by atoms with Gasteiger partial charge >= 0.3 is 0 Å². The Balaban J connectivity index is 1.68. The molecule has 0 atom stereocenters. The Morgan fingerprint density at radius 1 is 1.17 bits per heavy atom. The smallest absolute Gasteiger partial charge is 0.276 e. The number of hydrazine groups is 1. The Kier molecular flexibility index (Phi) is 6.15. The van der Waals surface area contributed by atoms with Gasteiger partial charge in [0.05, 0.1) is 5.56 Å². The van der Waals surface area contributed by atoms with Crippen LogP contribution in [0.15, 0.2) is 41.1 Å². The molecule has 0 fully saturated rings. The Labute approximate surface area is 137 Å². The van der Waals surface area contributed by atoms with Gasteiger partial charge < -0.3 is 4.74 Å². The molecule has 0 aliphatic rings. The van der Waals surface area contributed by atoms with Gasteiger partial charge in [-0.15, -0.1) is 0 Å². The van der Waals surface area contributed by atoms with Crippen molar-refractivity contribution in [3.63, 3.8) is 0 Å². The van der Waals surface area contributed by atoms with Gasteiger partial charge in [0.15, 0.2) is 6.61 Å². The molecular formula is C16H15N3O3S. The van der Waals surface area contributed by atoms with E-state index in [-0.39, 0.29) is 18.9 Å². The molecule has 1 aromatic carbocycles. The van der Waals surface area contributed by atoms with Crippen LogP contribution >= 0.6 is 11.3 Å². The SMILES string of the molecule is N#Cc1ccccc1OCC(=O)NNC(=O)CCc1ccsc1. The molecule has 6 nitrogen and oxygen atoms in total. The van der Waals surface area contributed by atoms with Gasteiger partial charge in [0.2, 0.25) is 5.91 Å². The maximum atomic E-state index is 11.6. The van der Waals surface area contributed by atoms with Crippen molar-refractivity contribution in [1.82, 2.24) is 10.9 Å². The number of thiophene rings is 1. The molecule has 0 radical (unpaired) electrons. The molecule has 118 valence electrons. The highest BCUT2D eigenvalue weighted by atomic mass is 32.1. The number of carbonyl (C=O) groups is 2. The number of nitriles is 1. The van der Waals surface area contributed by atoms with E-state index < -0.39 is 5.91 Å². The first-order chi connectivity index (χ1) is 11.2. The number of benzene rings is 1. The molecule has 0 bridgehead atoms. The molecule has 2 rings (SSSR count). The minimum atomic E-state index is -0.498. The lowest BCUT2D eigenvalue weighted by molar-refractivity contribution is -0.130. The summed E-state index contributed by atoms with van der Waals surface area (Å²) in [5.41, 5.74) is 6.04. The van der Waals surface area contributed by atoms with E-state index in [2.05, 4.69) is 10.9 Å². The molecule has 1 aromatic heterocycles. The number of rotatable bonds is 6. The van der Waals surface area contributed by atoms with Crippen molar-refractivity contribution < 1.29 is 14.3 Å². The van der Waals surface area contributed by atoms with E-state index >= 15 is 0 Å². The number of hydrogen-bond donors (Lipinski definition) is 2. The van der Waals surface area contributed by atoms with Crippen LogP contribution in [0.2, 0.25) is 0 Å². The molecule has 0 saturated carbocycles. The van der Waals surface area contributed by atoms with Crippen LogP contribution in [0, 0.1) is 11.3 Å². The summed E-state index contributed by atoms with van der Waals surface area (Å²) in [4.78, 5) is 23.2. The Hall–Kier alpha value is -2.85. The van der Waals surface area contributed by atoms with Gasteiger partial charge in [-0.1, -0.05) is 12.1 Å². The maximum Gasteiger partial charge on any atom is 0.276 e. The average molecular weight is 329 g/mol. The van der Waals surface area contributed by atoms with Crippen molar-refractivity contribution >= 4 is 23.2 Å². The summed E-state index contributed by atoms with van der Waals surface area (Å²) >= 11 is 1.58. The number of amides is 2. The normalized spacial score (nSPS) is 9.70. The fourth-order valence-electron chi connectivity index (χ4n) is 1.76. The summed E-state index contributed by atoms with van der Waals surface area (Å²) in [5, 5.41) is 12.8. The summed E-state index contributed by atoms with van der Waals surface area (Å²) < 4.78 is 5.26. The first-order valence-corrected chi connectivity index (χ1v) is 7.84. The Bertz CT molecular complexity index is 708. The van der Waals surface area contributed by atoms with Crippen LogP contribution in [0.5, 0.6) is 5.75 Å². The van der Waals surface area contributed by atoms with Crippen LogP contribution in [0.4, 0.5) is 0 Å². The van der Waals surface area contributed by atoms with Gasteiger partial charge in [-0.25, -0.2) is 0 Å². The second-order valence-corrected chi connectivity index (χ2v) is 5.40. The third-order valence-electron chi connectivity index (χ3n) is 2.93. The third-order valence-corrected chi connectivity index (χ3v) is 3.66. The van der Waals surface area contributed by atoms with Gasteiger partial charge in [-0.2, -0.15) is 16.6 Å². The van der Waals surface area contributed by atoms with Crippen molar-refractivity contribution in [1.29, 1.82) is 5.26 Å². The van der Waals surface area contributed by atoms with Gasteiger partial charge in [0.1, 0.15) is 11.8 Å². The molecule has 0 saturated heterocycles. The van der Waals surface area contributed by atoms with Crippen LogP contribution in [-0.2, 0) is 16.0 Å². The van der Waals surface area contributed by atoms with Crippen molar-refractivity contribution in [2.45, 2.75) is 12.8 Å². The maximum absolute atomic E-state index is 11.6. The van der Waals surface area contributed by atoms with E-state index in [0.717, 1.165) is 5.56 Å². The van der Waals surface area contributed by atoms with Crippen LogP contribution < -0.4 is 15.6 Å². The molecule has 2 aromatic rings.